The third kappa shape index (κ3) is 4.03. The van der Waals surface area contributed by atoms with Gasteiger partial charge in [-0.05, 0) is 47.7 Å². The molecule has 0 aliphatic rings. The van der Waals surface area contributed by atoms with Crippen LogP contribution in [-0.2, 0) is 6.42 Å². The summed E-state index contributed by atoms with van der Waals surface area (Å²) in [6.07, 6.45) is 1.11. The van der Waals surface area contributed by atoms with Crippen LogP contribution in [0.25, 0.3) is 16.3 Å². The number of anilines is 1. The largest absolute Gasteiger partial charge is 0.378 e. The van der Waals surface area contributed by atoms with Crippen molar-refractivity contribution in [1.82, 2.24) is 19.8 Å². The van der Waals surface area contributed by atoms with Crippen LogP contribution in [0.5, 0.6) is 0 Å². The van der Waals surface area contributed by atoms with Gasteiger partial charge in [0.15, 0.2) is 5.82 Å². The molecule has 0 fully saturated rings. The Morgan fingerprint density at radius 3 is 2.24 bits per heavy atom. The Morgan fingerprint density at radius 2 is 1.62 bits per heavy atom. The van der Waals surface area contributed by atoms with Crippen LogP contribution in [-0.4, -0.2) is 33.9 Å². The van der Waals surface area contributed by atoms with Gasteiger partial charge in [0.2, 0.25) is 4.96 Å². The molecule has 0 aliphatic heterocycles. The van der Waals surface area contributed by atoms with E-state index in [9.17, 15) is 0 Å². The van der Waals surface area contributed by atoms with E-state index in [1.165, 1.54) is 11.1 Å². The Morgan fingerprint density at radius 1 is 0.931 bits per heavy atom. The first-order valence-corrected chi connectivity index (χ1v) is 10.8. The van der Waals surface area contributed by atoms with Crippen molar-refractivity contribution < 1.29 is 0 Å². The molecule has 0 N–H and O–H groups in total. The number of fused-ring (bicyclic) bond motifs is 1. The molecule has 0 aliphatic carbocycles. The summed E-state index contributed by atoms with van der Waals surface area (Å²) in [5.74, 6) is 1.67. The minimum absolute atomic E-state index is 0.221. The molecular formula is C23H27N5S. The summed E-state index contributed by atoms with van der Waals surface area (Å²) in [5, 5.41) is 14.6. The second-order valence-electron chi connectivity index (χ2n) is 8.16. The Bertz CT molecular complexity index is 1090. The van der Waals surface area contributed by atoms with Crippen molar-refractivity contribution in [2.45, 2.75) is 33.1 Å². The van der Waals surface area contributed by atoms with Gasteiger partial charge in [0.05, 0.1) is 0 Å². The summed E-state index contributed by atoms with van der Waals surface area (Å²) in [6, 6.07) is 17.3. The van der Waals surface area contributed by atoms with E-state index in [0.29, 0.717) is 5.92 Å². The Hall–Kier alpha value is -2.73. The van der Waals surface area contributed by atoms with Gasteiger partial charge in [-0.25, -0.2) is 0 Å². The maximum Gasteiger partial charge on any atom is 0.234 e. The molecule has 4 aromatic rings. The van der Waals surface area contributed by atoms with Crippen LogP contribution in [0, 0.1) is 5.92 Å². The third-order valence-electron chi connectivity index (χ3n) is 5.14. The first kappa shape index (κ1) is 19.6. The van der Waals surface area contributed by atoms with Crippen molar-refractivity contribution in [3.05, 3.63) is 64.7 Å². The molecule has 4 rings (SSSR count). The summed E-state index contributed by atoms with van der Waals surface area (Å²) in [4.78, 5) is 2.91. The molecule has 2 aromatic heterocycles. The molecule has 1 unspecified atom stereocenters. The van der Waals surface area contributed by atoms with Crippen molar-refractivity contribution in [2.75, 3.05) is 19.0 Å². The van der Waals surface area contributed by atoms with Crippen LogP contribution >= 0.6 is 11.3 Å². The van der Waals surface area contributed by atoms with Gasteiger partial charge in [-0.2, -0.15) is 9.61 Å². The van der Waals surface area contributed by atoms with Gasteiger partial charge < -0.3 is 4.90 Å². The van der Waals surface area contributed by atoms with E-state index < -0.39 is 0 Å². The highest BCUT2D eigenvalue weighted by Gasteiger charge is 2.18. The van der Waals surface area contributed by atoms with Crippen molar-refractivity contribution >= 4 is 22.0 Å². The molecule has 2 aromatic carbocycles. The fourth-order valence-electron chi connectivity index (χ4n) is 3.45. The van der Waals surface area contributed by atoms with Gasteiger partial charge in [0, 0.05) is 31.3 Å². The minimum Gasteiger partial charge on any atom is -0.378 e. The van der Waals surface area contributed by atoms with Crippen LogP contribution in [0.4, 0.5) is 5.69 Å². The van der Waals surface area contributed by atoms with E-state index in [1.807, 2.05) is 18.6 Å². The lowest BCUT2D eigenvalue weighted by molar-refractivity contribution is 0.647. The lowest BCUT2D eigenvalue weighted by Crippen LogP contribution is -2.08. The highest BCUT2D eigenvalue weighted by molar-refractivity contribution is 7.16. The molecular weight excluding hydrogens is 378 g/mol. The third-order valence-corrected chi connectivity index (χ3v) is 6.22. The first-order chi connectivity index (χ1) is 13.9. The maximum absolute atomic E-state index is 4.85. The van der Waals surface area contributed by atoms with Crippen LogP contribution in [0.15, 0.2) is 48.5 Å². The number of hydrogen-bond donors (Lipinski definition) is 0. The predicted molar refractivity (Wildman–Crippen MR) is 121 cm³/mol. The average Bonchev–Trinajstić information content (AvgIpc) is 3.28. The molecule has 6 heteroatoms. The van der Waals surface area contributed by atoms with Gasteiger partial charge in [0.25, 0.3) is 0 Å². The molecule has 0 radical (unpaired) electrons. The van der Waals surface area contributed by atoms with Crippen LogP contribution in [0.1, 0.15) is 42.8 Å². The zero-order chi connectivity index (χ0) is 20.5. The summed E-state index contributed by atoms with van der Waals surface area (Å²) >= 11 is 1.61. The standard InChI is InChI=1S/C23H27N5S/c1-15(2)14-17-6-8-18(9-7-17)16(3)22-26-28-21(24-25-23(28)29-22)19-10-12-20(13-11-19)27(4)5/h6-13,15-16H,14H2,1-5H3. The monoisotopic (exact) mass is 405 g/mol. The Balaban J connectivity index is 1.61. The molecule has 0 amide bonds. The molecule has 1 atom stereocenters. The summed E-state index contributed by atoms with van der Waals surface area (Å²) in [7, 11) is 4.07. The molecule has 5 nitrogen and oxygen atoms in total. The molecule has 2 heterocycles. The lowest BCUT2D eigenvalue weighted by Gasteiger charge is -2.12. The van der Waals surface area contributed by atoms with E-state index in [2.05, 4.69) is 84.4 Å². The van der Waals surface area contributed by atoms with Crippen LogP contribution in [0.3, 0.4) is 0 Å². The zero-order valence-corrected chi connectivity index (χ0v) is 18.4. The molecule has 0 spiro atoms. The van der Waals surface area contributed by atoms with Crippen molar-refractivity contribution in [2.24, 2.45) is 5.92 Å². The van der Waals surface area contributed by atoms with Gasteiger partial charge in [-0.3, -0.25) is 0 Å². The van der Waals surface area contributed by atoms with Gasteiger partial charge in [0.1, 0.15) is 5.01 Å². The summed E-state index contributed by atoms with van der Waals surface area (Å²) in [5.41, 5.74) is 4.84. The Labute approximate surface area is 176 Å². The topological polar surface area (TPSA) is 46.3 Å². The first-order valence-electron chi connectivity index (χ1n) is 10.0. The fourth-order valence-corrected chi connectivity index (χ4v) is 4.37. The quantitative estimate of drug-likeness (QED) is 0.438. The van der Waals surface area contributed by atoms with Crippen LogP contribution < -0.4 is 4.90 Å². The zero-order valence-electron chi connectivity index (χ0n) is 17.6. The summed E-state index contributed by atoms with van der Waals surface area (Å²) in [6.45, 7) is 6.71. The maximum atomic E-state index is 4.85. The molecule has 29 heavy (non-hydrogen) atoms. The lowest BCUT2D eigenvalue weighted by atomic mass is 9.97. The van der Waals surface area contributed by atoms with E-state index >= 15 is 0 Å². The number of rotatable bonds is 6. The number of benzene rings is 2. The predicted octanol–water partition coefficient (Wildman–Crippen LogP) is 5.27. The number of aromatic nitrogens is 4. The molecule has 0 saturated heterocycles. The van der Waals surface area contributed by atoms with Gasteiger partial charge in [-0.1, -0.05) is 56.4 Å². The second-order valence-corrected chi connectivity index (χ2v) is 9.15. The normalized spacial score (nSPS) is 12.6. The van der Waals surface area contributed by atoms with Gasteiger partial charge >= 0.3 is 0 Å². The average molecular weight is 406 g/mol. The van der Waals surface area contributed by atoms with Crippen molar-refractivity contribution in [1.29, 1.82) is 0 Å². The number of nitrogens with zero attached hydrogens (tertiary/aromatic N) is 5. The van der Waals surface area contributed by atoms with Crippen molar-refractivity contribution in [3.63, 3.8) is 0 Å². The smallest absolute Gasteiger partial charge is 0.234 e. The highest BCUT2D eigenvalue weighted by Crippen LogP contribution is 2.30. The molecule has 0 saturated carbocycles. The van der Waals surface area contributed by atoms with E-state index in [4.69, 9.17) is 5.10 Å². The van der Waals surface area contributed by atoms with E-state index in [-0.39, 0.29) is 5.92 Å². The van der Waals surface area contributed by atoms with Crippen LogP contribution in [0.2, 0.25) is 0 Å². The van der Waals surface area contributed by atoms with E-state index in [0.717, 1.165) is 33.5 Å². The number of hydrogen-bond acceptors (Lipinski definition) is 5. The fraction of sp³-hybridized carbons (Fsp3) is 0.348. The van der Waals surface area contributed by atoms with Crippen molar-refractivity contribution in [3.8, 4) is 11.4 Å². The highest BCUT2D eigenvalue weighted by atomic mass is 32.1. The molecule has 0 bridgehead atoms. The SMILES string of the molecule is CC(C)Cc1ccc(C(C)c2nn3c(-c4ccc(N(C)C)cc4)nnc3s2)cc1. The molecule has 150 valence electrons. The van der Waals surface area contributed by atoms with E-state index in [1.54, 1.807) is 11.3 Å². The summed E-state index contributed by atoms with van der Waals surface area (Å²) < 4.78 is 1.87. The van der Waals surface area contributed by atoms with Gasteiger partial charge in [-0.15, -0.1) is 10.2 Å². The Kier molecular flexibility index (Phi) is 5.37. The minimum atomic E-state index is 0.221. The second kappa shape index (κ2) is 7.95.